The van der Waals surface area contributed by atoms with Crippen molar-refractivity contribution >= 4 is 34.9 Å². The summed E-state index contributed by atoms with van der Waals surface area (Å²) in [7, 11) is 3.70. The van der Waals surface area contributed by atoms with Crippen LogP contribution in [0.2, 0.25) is 0 Å². The predicted octanol–water partition coefficient (Wildman–Crippen LogP) is 4.91. The Morgan fingerprint density at radius 1 is 1.15 bits per heavy atom. The first kappa shape index (κ1) is 22.9. The summed E-state index contributed by atoms with van der Waals surface area (Å²) in [6.07, 6.45) is 1.60. The van der Waals surface area contributed by atoms with Crippen molar-refractivity contribution in [2.24, 2.45) is 0 Å². The minimum atomic E-state index is -0.400. The van der Waals surface area contributed by atoms with Gasteiger partial charge in [0.25, 0.3) is 0 Å². The molecule has 0 N–H and O–H groups in total. The van der Waals surface area contributed by atoms with E-state index in [1.807, 2.05) is 44.7 Å². The van der Waals surface area contributed by atoms with Crippen LogP contribution in [0.5, 0.6) is 5.75 Å². The van der Waals surface area contributed by atoms with Crippen molar-refractivity contribution in [3.05, 3.63) is 23.8 Å². The van der Waals surface area contributed by atoms with E-state index in [1.54, 1.807) is 18.2 Å². The van der Waals surface area contributed by atoms with Crippen LogP contribution in [0.25, 0.3) is 0 Å². The third kappa shape index (κ3) is 6.53. The largest absolute Gasteiger partial charge is 0.491 e. The number of unbranched alkanes of at least 4 members (excludes halogenated alkanes) is 1. The number of ether oxygens (including phenoxy) is 2. The lowest BCUT2D eigenvalue weighted by molar-refractivity contribution is -0.00550. The van der Waals surface area contributed by atoms with Crippen molar-refractivity contribution < 1.29 is 14.3 Å². The van der Waals surface area contributed by atoms with Gasteiger partial charge in [-0.2, -0.15) is 0 Å². The van der Waals surface area contributed by atoms with Crippen molar-refractivity contribution in [1.29, 1.82) is 0 Å². The minimum Gasteiger partial charge on any atom is -0.491 e. The number of rotatable bonds is 10. The molecule has 0 heterocycles. The molecule has 0 aromatic heterocycles. The lowest BCUT2D eigenvalue weighted by Gasteiger charge is -2.31. The molecule has 0 aliphatic carbocycles. The monoisotopic (exact) mass is 404 g/mol. The minimum absolute atomic E-state index is 0.325. The number of carbonyl (C=O) groups excluding carboxylic acids is 1. The first-order valence-corrected chi connectivity index (χ1v) is 9.77. The van der Waals surface area contributed by atoms with Crippen LogP contribution in [0.4, 0.5) is 5.69 Å². The fraction of sp³-hybridized carbons (Fsp3) is 0.632. The highest BCUT2D eigenvalue weighted by atomic mass is 35.5. The summed E-state index contributed by atoms with van der Waals surface area (Å²) in [5, 5.41) is 0. The van der Waals surface area contributed by atoms with Gasteiger partial charge in [-0.1, -0.05) is 36.5 Å². The molecule has 0 radical (unpaired) electrons. The first-order valence-electron chi connectivity index (χ1n) is 8.89. The normalized spacial score (nSPS) is 14.7. The molecule has 0 saturated heterocycles. The second kappa shape index (κ2) is 10.9. The van der Waals surface area contributed by atoms with Crippen molar-refractivity contribution in [3.8, 4) is 5.75 Å². The number of halogens is 2. The second-order valence-electron chi connectivity index (χ2n) is 6.41. The Balaban J connectivity index is 3.17. The molecule has 0 aliphatic heterocycles. The second-order valence-corrected chi connectivity index (χ2v) is 7.67. The molecule has 0 fully saturated rings. The average molecular weight is 405 g/mol. The Bertz CT molecular complexity index is 572. The Morgan fingerprint density at radius 3 is 2.27 bits per heavy atom. The molecule has 0 bridgehead atoms. The molecule has 7 heteroatoms. The van der Waals surface area contributed by atoms with E-state index in [9.17, 15) is 4.79 Å². The van der Waals surface area contributed by atoms with Gasteiger partial charge < -0.3 is 14.4 Å². The molecule has 26 heavy (non-hydrogen) atoms. The Morgan fingerprint density at radius 2 is 1.77 bits per heavy atom. The number of carbonyl (C=O) groups is 1. The van der Waals surface area contributed by atoms with Gasteiger partial charge in [-0.25, -0.2) is 4.79 Å². The summed E-state index contributed by atoms with van der Waals surface area (Å²) >= 11 is 12.6. The van der Waals surface area contributed by atoms with Gasteiger partial charge in [-0.3, -0.25) is 4.90 Å². The Labute approximate surface area is 167 Å². The van der Waals surface area contributed by atoms with Crippen LogP contribution < -0.4 is 9.64 Å². The predicted molar refractivity (Wildman–Crippen MR) is 109 cm³/mol. The third-order valence-corrected chi connectivity index (χ3v) is 4.42. The summed E-state index contributed by atoms with van der Waals surface area (Å²) < 4.78 is 11.4. The zero-order chi connectivity index (χ0) is 19.9. The van der Waals surface area contributed by atoms with E-state index in [0.717, 1.165) is 18.5 Å². The van der Waals surface area contributed by atoms with Crippen LogP contribution in [0.1, 0.15) is 50.9 Å². The Kier molecular flexibility index (Phi) is 9.55. The zero-order valence-electron chi connectivity index (χ0n) is 16.5. The van der Waals surface area contributed by atoms with E-state index in [1.165, 1.54) is 0 Å². The molecular weight excluding hydrogens is 375 g/mol. The Hall–Kier alpha value is -1.17. The molecule has 0 spiro atoms. The fourth-order valence-corrected chi connectivity index (χ4v) is 2.90. The number of hydrogen-bond acceptors (Lipinski definition) is 5. The number of anilines is 1. The van der Waals surface area contributed by atoms with Crippen molar-refractivity contribution in [2.75, 3.05) is 25.6 Å². The van der Waals surface area contributed by atoms with Crippen molar-refractivity contribution in [1.82, 2.24) is 4.90 Å². The van der Waals surface area contributed by atoms with Gasteiger partial charge in [-0.15, -0.1) is 0 Å². The van der Waals surface area contributed by atoms with Crippen LogP contribution in [-0.2, 0) is 4.74 Å². The van der Waals surface area contributed by atoms with Gasteiger partial charge >= 0.3 is 5.97 Å². The maximum absolute atomic E-state index is 12.4. The fourth-order valence-electron chi connectivity index (χ4n) is 2.29. The molecule has 1 aromatic rings. The van der Waals surface area contributed by atoms with Crippen molar-refractivity contribution in [2.45, 2.75) is 57.8 Å². The molecule has 0 amide bonds. The maximum atomic E-state index is 12.4. The van der Waals surface area contributed by atoms with E-state index in [0.29, 0.717) is 17.9 Å². The van der Waals surface area contributed by atoms with Gasteiger partial charge in [0.2, 0.25) is 0 Å². The maximum Gasteiger partial charge on any atom is 0.339 e. The SMILES string of the molecule is CCCCOc1cc(C(=O)OC(C)N(C)C)ccc1N(C(C)Cl)C(C)Cl. The summed E-state index contributed by atoms with van der Waals surface area (Å²) in [5.41, 5.74) is 0.520. The number of hydrogen-bond donors (Lipinski definition) is 0. The van der Waals surface area contributed by atoms with Gasteiger partial charge in [0.1, 0.15) is 16.8 Å². The van der Waals surface area contributed by atoms with Crippen LogP contribution in [0.15, 0.2) is 18.2 Å². The third-order valence-electron chi connectivity index (χ3n) is 4.00. The van der Waals surface area contributed by atoms with E-state index < -0.39 is 5.97 Å². The quantitative estimate of drug-likeness (QED) is 0.182. The molecule has 1 aromatic carbocycles. The summed E-state index contributed by atoms with van der Waals surface area (Å²) in [5.74, 6) is 0.174. The highest BCUT2D eigenvalue weighted by molar-refractivity contribution is 6.25. The van der Waals surface area contributed by atoms with Gasteiger partial charge in [0, 0.05) is 0 Å². The topological polar surface area (TPSA) is 42.0 Å². The lowest BCUT2D eigenvalue weighted by Crippen LogP contribution is -2.34. The molecule has 3 atom stereocenters. The van der Waals surface area contributed by atoms with E-state index >= 15 is 0 Å². The molecule has 0 aliphatic rings. The standard InChI is InChI=1S/C19H30Cl2N2O3/c1-7-8-11-25-18-12-16(19(24)26-15(4)22(5)6)9-10-17(18)23(13(2)20)14(3)21/h9-10,12-15H,7-8,11H2,1-6H3. The zero-order valence-corrected chi connectivity index (χ0v) is 18.0. The van der Waals surface area contributed by atoms with Crippen LogP contribution in [0, 0.1) is 0 Å². The highest BCUT2D eigenvalue weighted by Crippen LogP contribution is 2.34. The van der Waals surface area contributed by atoms with E-state index in [2.05, 4.69) is 6.92 Å². The van der Waals surface area contributed by atoms with Gasteiger partial charge in [-0.05, 0) is 59.5 Å². The highest BCUT2D eigenvalue weighted by Gasteiger charge is 2.23. The number of benzene rings is 1. The van der Waals surface area contributed by atoms with Crippen molar-refractivity contribution in [3.63, 3.8) is 0 Å². The first-order chi connectivity index (χ1) is 12.2. The van der Waals surface area contributed by atoms with Gasteiger partial charge in [0.05, 0.1) is 17.9 Å². The van der Waals surface area contributed by atoms with E-state index in [-0.39, 0.29) is 17.2 Å². The molecule has 148 valence electrons. The van der Waals surface area contributed by atoms with Gasteiger partial charge in [0.15, 0.2) is 6.23 Å². The summed E-state index contributed by atoms with van der Waals surface area (Å²) in [4.78, 5) is 16.1. The van der Waals surface area contributed by atoms with E-state index in [4.69, 9.17) is 32.7 Å². The van der Waals surface area contributed by atoms with Crippen LogP contribution in [-0.4, -0.2) is 48.8 Å². The number of alkyl halides is 2. The summed E-state index contributed by atoms with van der Waals surface area (Å²) in [6, 6.07) is 5.20. The molecule has 0 saturated carbocycles. The molecular formula is C19H30Cl2N2O3. The molecule has 5 nitrogen and oxygen atoms in total. The number of nitrogens with zero attached hydrogens (tertiary/aromatic N) is 2. The number of esters is 1. The molecule has 1 rings (SSSR count). The lowest BCUT2D eigenvalue weighted by atomic mass is 10.1. The summed E-state index contributed by atoms with van der Waals surface area (Å²) in [6.45, 7) is 8.15. The average Bonchev–Trinajstić information content (AvgIpc) is 2.55. The van der Waals surface area contributed by atoms with Crippen LogP contribution >= 0.6 is 23.2 Å². The molecule has 3 unspecified atom stereocenters. The smallest absolute Gasteiger partial charge is 0.339 e. The van der Waals surface area contributed by atoms with Crippen LogP contribution in [0.3, 0.4) is 0 Å².